The molecule has 0 bridgehead atoms. The lowest BCUT2D eigenvalue weighted by Crippen LogP contribution is -2.12. The molecule has 0 atom stereocenters. The molecule has 1 rings (SSSR count). The first-order valence-corrected chi connectivity index (χ1v) is 4.91. The number of carbonyl (C=O) groups excluding carboxylic acids is 2. The van der Waals surface area contributed by atoms with Gasteiger partial charge in [-0.05, 0) is 24.6 Å². The molecule has 5 heteroatoms. The number of ether oxygens (including phenoxy) is 3. The maximum absolute atomic E-state index is 11.6. The molecular formula is C12H14O5. The third-order valence-corrected chi connectivity index (χ3v) is 2.44. The van der Waals surface area contributed by atoms with Gasteiger partial charge in [0.15, 0.2) is 0 Å². The second-order valence-electron chi connectivity index (χ2n) is 3.30. The summed E-state index contributed by atoms with van der Waals surface area (Å²) in [6.07, 6.45) is 0. The van der Waals surface area contributed by atoms with E-state index in [-0.39, 0.29) is 5.56 Å². The fourth-order valence-corrected chi connectivity index (χ4v) is 1.54. The van der Waals surface area contributed by atoms with Crippen molar-refractivity contribution >= 4 is 11.9 Å². The van der Waals surface area contributed by atoms with Crippen molar-refractivity contribution in [3.8, 4) is 5.75 Å². The Morgan fingerprint density at radius 2 is 1.59 bits per heavy atom. The van der Waals surface area contributed by atoms with Gasteiger partial charge in [-0.1, -0.05) is 0 Å². The summed E-state index contributed by atoms with van der Waals surface area (Å²) in [5, 5.41) is 0. The van der Waals surface area contributed by atoms with E-state index < -0.39 is 11.9 Å². The summed E-state index contributed by atoms with van der Waals surface area (Å²) in [6.45, 7) is 1.64. The Morgan fingerprint density at radius 3 is 2.06 bits per heavy atom. The zero-order chi connectivity index (χ0) is 13.0. The van der Waals surface area contributed by atoms with Gasteiger partial charge in [0, 0.05) is 0 Å². The lowest BCUT2D eigenvalue weighted by atomic mass is 10.0. The van der Waals surface area contributed by atoms with Crippen LogP contribution in [0.4, 0.5) is 0 Å². The van der Waals surface area contributed by atoms with Crippen LogP contribution in [-0.2, 0) is 9.47 Å². The average molecular weight is 238 g/mol. The smallest absolute Gasteiger partial charge is 0.341 e. The molecule has 0 spiro atoms. The van der Waals surface area contributed by atoms with E-state index in [2.05, 4.69) is 9.47 Å². The molecule has 0 aromatic heterocycles. The molecule has 1 aromatic rings. The molecule has 0 heterocycles. The zero-order valence-corrected chi connectivity index (χ0v) is 10.2. The van der Waals surface area contributed by atoms with Gasteiger partial charge in [-0.25, -0.2) is 9.59 Å². The summed E-state index contributed by atoms with van der Waals surface area (Å²) in [5.74, 6) is -0.692. The normalized spacial score (nSPS) is 9.65. The lowest BCUT2D eigenvalue weighted by molar-refractivity contribution is 0.0595. The van der Waals surface area contributed by atoms with Gasteiger partial charge in [-0.15, -0.1) is 0 Å². The number of rotatable bonds is 3. The van der Waals surface area contributed by atoms with Crippen molar-refractivity contribution in [1.82, 2.24) is 0 Å². The molecule has 0 amide bonds. The van der Waals surface area contributed by atoms with E-state index in [1.54, 1.807) is 13.0 Å². The van der Waals surface area contributed by atoms with Crippen molar-refractivity contribution in [2.45, 2.75) is 6.92 Å². The van der Waals surface area contributed by atoms with Crippen molar-refractivity contribution in [1.29, 1.82) is 0 Å². The standard InChI is InChI=1S/C12H14O5/c1-7-8(11(13)16-3)5-6-9(15-2)10(7)12(14)17-4/h5-6H,1-4H3. The van der Waals surface area contributed by atoms with Crippen LogP contribution in [0.2, 0.25) is 0 Å². The first kappa shape index (κ1) is 13.0. The number of methoxy groups -OCH3 is 3. The van der Waals surface area contributed by atoms with Crippen molar-refractivity contribution in [3.63, 3.8) is 0 Å². The Morgan fingerprint density at radius 1 is 1.00 bits per heavy atom. The first-order chi connectivity index (χ1) is 8.06. The maximum Gasteiger partial charge on any atom is 0.341 e. The molecule has 0 aliphatic rings. The predicted molar refractivity (Wildman–Crippen MR) is 60.4 cm³/mol. The number of hydrogen-bond donors (Lipinski definition) is 0. The molecule has 0 aliphatic carbocycles. The van der Waals surface area contributed by atoms with Gasteiger partial charge in [0.2, 0.25) is 0 Å². The van der Waals surface area contributed by atoms with Crippen LogP contribution >= 0.6 is 0 Å². The molecule has 5 nitrogen and oxygen atoms in total. The van der Waals surface area contributed by atoms with Crippen LogP contribution in [0.1, 0.15) is 26.3 Å². The van der Waals surface area contributed by atoms with Crippen molar-refractivity contribution in [2.75, 3.05) is 21.3 Å². The Bertz CT molecular complexity index is 450. The summed E-state index contributed by atoms with van der Waals surface area (Å²) in [6, 6.07) is 3.08. The van der Waals surface area contributed by atoms with Crippen molar-refractivity contribution < 1.29 is 23.8 Å². The molecule has 0 unspecified atom stereocenters. The van der Waals surface area contributed by atoms with Crippen LogP contribution in [0.3, 0.4) is 0 Å². The highest BCUT2D eigenvalue weighted by molar-refractivity contribution is 5.99. The first-order valence-electron chi connectivity index (χ1n) is 4.91. The van der Waals surface area contributed by atoms with Gasteiger partial charge in [0.05, 0.1) is 26.9 Å². The molecule has 1 aromatic carbocycles. The summed E-state index contributed by atoms with van der Waals surface area (Å²) in [5.41, 5.74) is 1.02. The highest BCUT2D eigenvalue weighted by Crippen LogP contribution is 2.26. The highest BCUT2D eigenvalue weighted by Gasteiger charge is 2.21. The number of carbonyl (C=O) groups is 2. The van der Waals surface area contributed by atoms with Gasteiger partial charge >= 0.3 is 11.9 Å². The Balaban J connectivity index is 3.42. The van der Waals surface area contributed by atoms with Gasteiger partial charge < -0.3 is 14.2 Å². The van der Waals surface area contributed by atoms with Crippen molar-refractivity contribution in [2.24, 2.45) is 0 Å². The van der Waals surface area contributed by atoms with Crippen molar-refractivity contribution in [3.05, 3.63) is 28.8 Å². The molecule has 0 N–H and O–H groups in total. The van der Waals surface area contributed by atoms with E-state index in [4.69, 9.17) is 4.74 Å². The number of benzene rings is 1. The fourth-order valence-electron chi connectivity index (χ4n) is 1.54. The van der Waals surface area contributed by atoms with Crippen LogP contribution in [-0.4, -0.2) is 33.3 Å². The third kappa shape index (κ3) is 2.38. The summed E-state index contributed by atoms with van der Waals surface area (Å²) in [7, 11) is 3.99. The van der Waals surface area contributed by atoms with Gasteiger partial charge in [0.1, 0.15) is 11.3 Å². The van der Waals surface area contributed by atoms with E-state index in [0.29, 0.717) is 16.9 Å². The van der Waals surface area contributed by atoms with Gasteiger partial charge in [-0.3, -0.25) is 0 Å². The molecule has 0 fully saturated rings. The second-order valence-corrected chi connectivity index (χ2v) is 3.30. The van der Waals surface area contributed by atoms with Crippen LogP contribution in [0.15, 0.2) is 12.1 Å². The highest BCUT2D eigenvalue weighted by atomic mass is 16.5. The van der Waals surface area contributed by atoms with E-state index >= 15 is 0 Å². The van der Waals surface area contributed by atoms with E-state index in [1.165, 1.54) is 27.4 Å². The Labute approximate surface area is 99.3 Å². The molecule has 0 saturated carbocycles. The Kier molecular flexibility index (Phi) is 4.09. The SMILES string of the molecule is COC(=O)c1ccc(OC)c(C(=O)OC)c1C. The van der Waals surface area contributed by atoms with Crippen LogP contribution in [0, 0.1) is 6.92 Å². The number of esters is 2. The third-order valence-electron chi connectivity index (χ3n) is 2.44. The quantitative estimate of drug-likeness (QED) is 0.748. The molecule has 0 aliphatic heterocycles. The van der Waals surface area contributed by atoms with Gasteiger partial charge in [0.25, 0.3) is 0 Å². The summed E-state index contributed by atoms with van der Waals surface area (Å²) >= 11 is 0. The van der Waals surface area contributed by atoms with Gasteiger partial charge in [-0.2, -0.15) is 0 Å². The molecule has 0 radical (unpaired) electrons. The molecule has 0 saturated heterocycles. The number of hydrogen-bond acceptors (Lipinski definition) is 5. The van der Waals surface area contributed by atoms with Crippen LogP contribution < -0.4 is 4.74 Å². The predicted octanol–water partition coefficient (Wildman–Crippen LogP) is 1.58. The molecule has 92 valence electrons. The molecule has 17 heavy (non-hydrogen) atoms. The van der Waals surface area contributed by atoms with Crippen LogP contribution in [0.5, 0.6) is 5.75 Å². The average Bonchev–Trinajstić information content (AvgIpc) is 2.36. The monoisotopic (exact) mass is 238 g/mol. The van der Waals surface area contributed by atoms with E-state index in [1.807, 2.05) is 0 Å². The van der Waals surface area contributed by atoms with E-state index in [0.717, 1.165) is 0 Å². The lowest BCUT2D eigenvalue weighted by Gasteiger charge is -2.12. The summed E-state index contributed by atoms with van der Waals surface area (Å²) in [4.78, 5) is 23.1. The second kappa shape index (κ2) is 5.34. The summed E-state index contributed by atoms with van der Waals surface area (Å²) < 4.78 is 14.3. The van der Waals surface area contributed by atoms with Crippen LogP contribution in [0.25, 0.3) is 0 Å². The minimum Gasteiger partial charge on any atom is -0.496 e. The maximum atomic E-state index is 11.6. The fraction of sp³-hybridized carbons (Fsp3) is 0.333. The molecular weight excluding hydrogens is 224 g/mol. The minimum atomic E-state index is -0.551. The Hall–Kier alpha value is -2.04. The largest absolute Gasteiger partial charge is 0.496 e. The topological polar surface area (TPSA) is 61.8 Å². The zero-order valence-electron chi connectivity index (χ0n) is 10.2. The van der Waals surface area contributed by atoms with E-state index in [9.17, 15) is 9.59 Å². The minimum absolute atomic E-state index is 0.234.